The van der Waals surface area contributed by atoms with Crippen molar-refractivity contribution in [3.05, 3.63) is 29.8 Å². The van der Waals surface area contributed by atoms with Gasteiger partial charge in [0.1, 0.15) is 0 Å². The average molecular weight is 416 g/mol. The van der Waals surface area contributed by atoms with Crippen molar-refractivity contribution in [2.45, 2.75) is 32.6 Å². The Morgan fingerprint density at radius 3 is 2.68 bits per heavy atom. The number of aliphatic imine (C=N–C) groups is 1. The van der Waals surface area contributed by atoms with Gasteiger partial charge in [0.05, 0.1) is 0 Å². The fourth-order valence-corrected chi connectivity index (χ4v) is 2.64. The zero-order chi connectivity index (χ0) is 15.2. The molecule has 1 aliphatic heterocycles. The van der Waals surface area contributed by atoms with Crippen LogP contribution in [0.5, 0.6) is 0 Å². The number of nitrogens with two attached hydrogens (primary N) is 1. The van der Waals surface area contributed by atoms with Crippen LogP contribution < -0.4 is 11.1 Å². The third-order valence-electron chi connectivity index (χ3n) is 4.18. The lowest BCUT2D eigenvalue weighted by Crippen LogP contribution is -2.32. The van der Waals surface area contributed by atoms with E-state index in [-0.39, 0.29) is 24.0 Å². The van der Waals surface area contributed by atoms with Gasteiger partial charge in [-0.15, -0.1) is 24.0 Å². The number of rotatable bonds is 4. The predicted octanol–water partition coefficient (Wildman–Crippen LogP) is 3.50. The Morgan fingerprint density at radius 1 is 1.36 bits per heavy atom. The van der Waals surface area contributed by atoms with Gasteiger partial charge in [0.2, 0.25) is 0 Å². The molecule has 124 valence electrons. The number of nitrogens with zero attached hydrogens (tertiary/aromatic N) is 2. The number of piperidine rings is 1. The molecule has 22 heavy (non-hydrogen) atoms. The molecule has 0 amide bonds. The summed E-state index contributed by atoms with van der Waals surface area (Å²) in [4.78, 5) is 6.88. The van der Waals surface area contributed by atoms with Crippen LogP contribution in [0.4, 0.5) is 5.69 Å². The highest BCUT2D eigenvalue weighted by molar-refractivity contribution is 14.0. The molecule has 1 saturated heterocycles. The first-order valence-corrected chi connectivity index (χ1v) is 7.90. The van der Waals surface area contributed by atoms with E-state index in [1.165, 1.54) is 31.5 Å². The Kier molecular flexibility index (Phi) is 8.17. The predicted molar refractivity (Wildman–Crippen MR) is 106 cm³/mol. The molecule has 1 aromatic carbocycles. The van der Waals surface area contributed by atoms with Crippen LogP contribution in [0.1, 0.15) is 38.2 Å². The van der Waals surface area contributed by atoms with Gasteiger partial charge in [-0.2, -0.15) is 0 Å². The molecular formula is C17H29IN4. The van der Waals surface area contributed by atoms with Crippen LogP contribution in [0.25, 0.3) is 0 Å². The highest BCUT2D eigenvalue weighted by Crippen LogP contribution is 2.19. The molecule has 5 heteroatoms. The number of benzene rings is 1. The normalized spacial score (nSPS) is 17.4. The summed E-state index contributed by atoms with van der Waals surface area (Å²) in [5.41, 5.74) is 8.33. The second-order valence-electron chi connectivity index (χ2n) is 6.38. The third-order valence-corrected chi connectivity index (χ3v) is 4.18. The number of guanidine groups is 1. The first-order valence-electron chi connectivity index (χ1n) is 7.90. The molecule has 1 heterocycles. The van der Waals surface area contributed by atoms with Crippen molar-refractivity contribution in [3.8, 4) is 0 Å². The summed E-state index contributed by atoms with van der Waals surface area (Å²) in [6.45, 7) is 7.55. The molecule has 0 aromatic heterocycles. The van der Waals surface area contributed by atoms with Crippen molar-refractivity contribution in [1.29, 1.82) is 0 Å². The molecule has 0 saturated carbocycles. The van der Waals surface area contributed by atoms with Crippen molar-refractivity contribution >= 4 is 35.6 Å². The Morgan fingerprint density at radius 2 is 2.05 bits per heavy atom. The summed E-state index contributed by atoms with van der Waals surface area (Å²) in [5.74, 6) is 1.71. The van der Waals surface area contributed by atoms with Crippen molar-refractivity contribution in [2.75, 3.05) is 32.0 Å². The fraction of sp³-hybridized carbons (Fsp3) is 0.588. The maximum atomic E-state index is 6.00. The quantitative estimate of drug-likeness (QED) is 0.449. The highest BCUT2D eigenvalue weighted by Gasteiger charge is 2.15. The van der Waals surface area contributed by atoms with Gasteiger partial charge >= 0.3 is 0 Å². The molecule has 0 unspecified atom stereocenters. The Labute approximate surface area is 151 Å². The SMILES string of the molecule is CC(C)c1cccc(NC(N)=NCC2CCN(C)CC2)c1.I. The van der Waals surface area contributed by atoms with Gasteiger partial charge in [0, 0.05) is 12.2 Å². The number of halogens is 1. The number of likely N-dealkylation sites (tertiary alicyclic amines) is 1. The van der Waals surface area contributed by atoms with E-state index in [4.69, 9.17) is 5.73 Å². The van der Waals surface area contributed by atoms with Crippen LogP contribution in [-0.4, -0.2) is 37.5 Å². The Bertz CT molecular complexity index is 479. The van der Waals surface area contributed by atoms with Crippen molar-refractivity contribution in [3.63, 3.8) is 0 Å². The van der Waals surface area contributed by atoms with Crippen molar-refractivity contribution in [2.24, 2.45) is 16.6 Å². The largest absolute Gasteiger partial charge is 0.370 e. The van der Waals surface area contributed by atoms with E-state index >= 15 is 0 Å². The topological polar surface area (TPSA) is 53.6 Å². The molecule has 1 aromatic rings. The molecule has 0 atom stereocenters. The number of nitrogens with one attached hydrogen (secondary N) is 1. The van der Waals surface area contributed by atoms with Crippen LogP contribution in [0, 0.1) is 5.92 Å². The lowest BCUT2D eigenvalue weighted by atomic mass is 9.97. The lowest BCUT2D eigenvalue weighted by Gasteiger charge is -2.27. The zero-order valence-corrected chi connectivity index (χ0v) is 16.2. The molecule has 4 nitrogen and oxygen atoms in total. The molecular weight excluding hydrogens is 387 g/mol. The summed E-state index contributed by atoms with van der Waals surface area (Å²) >= 11 is 0. The van der Waals surface area contributed by atoms with Crippen LogP contribution in [0.15, 0.2) is 29.3 Å². The van der Waals surface area contributed by atoms with Crippen molar-refractivity contribution in [1.82, 2.24) is 4.90 Å². The number of anilines is 1. The maximum absolute atomic E-state index is 6.00. The van der Waals surface area contributed by atoms with Gasteiger partial charge in [-0.3, -0.25) is 4.99 Å². The molecule has 0 aliphatic carbocycles. The fourth-order valence-electron chi connectivity index (χ4n) is 2.64. The molecule has 1 fully saturated rings. The monoisotopic (exact) mass is 416 g/mol. The van der Waals surface area contributed by atoms with Gasteiger partial charge in [-0.1, -0.05) is 26.0 Å². The van der Waals surface area contributed by atoms with Gasteiger partial charge < -0.3 is 16.0 Å². The third kappa shape index (κ3) is 6.12. The maximum Gasteiger partial charge on any atom is 0.193 e. The zero-order valence-electron chi connectivity index (χ0n) is 13.9. The first kappa shape index (κ1) is 19.2. The number of hydrogen-bond acceptors (Lipinski definition) is 2. The van der Waals surface area contributed by atoms with E-state index in [9.17, 15) is 0 Å². The number of hydrogen-bond donors (Lipinski definition) is 2. The summed E-state index contributed by atoms with van der Waals surface area (Å²) in [6.07, 6.45) is 2.44. The van der Waals surface area contributed by atoms with Gasteiger partial charge in [-0.05, 0) is 62.5 Å². The second kappa shape index (κ2) is 9.35. The lowest BCUT2D eigenvalue weighted by molar-refractivity contribution is 0.224. The Hall–Kier alpha value is -0.820. The molecule has 0 radical (unpaired) electrons. The van der Waals surface area contributed by atoms with Gasteiger partial charge in [-0.25, -0.2) is 0 Å². The summed E-state index contributed by atoms with van der Waals surface area (Å²) in [7, 11) is 2.18. The van der Waals surface area contributed by atoms with E-state index in [1.807, 2.05) is 6.07 Å². The molecule has 1 aliphatic rings. The van der Waals surface area contributed by atoms with Gasteiger partial charge in [0.15, 0.2) is 5.96 Å². The summed E-state index contributed by atoms with van der Waals surface area (Å²) in [5, 5.41) is 3.20. The summed E-state index contributed by atoms with van der Waals surface area (Å²) in [6, 6.07) is 8.37. The van der Waals surface area contributed by atoms with Gasteiger partial charge in [0.25, 0.3) is 0 Å². The minimum Gasteiger partial charge on any atom is -0.370 e. The van der Waals surface area contributed by atoms with E-state index in [0.717, 1.165) is 12.2 Å². The highest BCUT2D eigenvalue weighted by atomic mass is 127. The summed E-state index contributed by atoms with van der Waals surface area (Å²) < 4.78 is 0. The van der Waals surface area contributed by atoms with Crippen LogP contribution >= 0.6 is 24.0 Å². The van der Waals surface area contributed by atoms with Crippen LogP contribution in [0.2, 0.25) is 0 Å². The smallest absolute Gasteiger partial charge is 0.193 e. The molecule has 0 bridgehead atoms. The van der Waals surface area contributed by atoms with E-state index in [2.05, 4.69) is 54.3 Å². The molecule has 2 rings (SSSR count). The Balaban J connectivity index is 0.00000242. The molecule has 3 N–H and O–H groups in total. The minimum atomic E-state index is 0. The van der Waals surface area contributed by atoms with E-state index in [1.54, 1.807) is 0 Å². The first-order chi connectivity index (χ1) is 10.0. The second-order valence-corrected chi connectivity index (χ2v) is 6.38. The van der Waals surface area contributed by atoms with E-state index in [0.29, 0.717) is 17.8 Å². The van der Waals surface area contributed by atoms with Crippen LogP contribution in [0.3, 0.4) is 0 Å². The average Bonchev–Trinajstić information content (AvgIpc) is 2.47. The van der Waals surface area contributed by atoms with Crippen LogP contribution in [-0.2, 0) is 0 Å². The standard InChI is InChI=1S/C17H28N4.HI/c1-13(2)15-5-4-6-16(11-15)20-17(18)19-12-14-7-9-21(3)10-8-14;/h4-6,11,13-14H,7-10,12H2,1-3H3,(H3,18,19,20);1H. The van der Waals surface area contributed by atoms with Crippen molar-refractivity contribution < 1.29 is 0 Å². The molecule has 0 spiro atoms. The minimum absolute atomic E-state index is 0. The van der Waals surface area contributed by atoms with E-state index < -0.39 is 0 Å².